The van der Waals surface area contributed by atoms with Crippen LogP contribution in [0.3, 0.4) is 0 Å². The van der Waals surface area contributed by atoms with Crippen molar-refractivity contribution in [1.29, 1.82) is 16.2 Å². The predicted octanol–water partition coefficient (Wildman–Crippen LogP) is -0.463. The van der Waals surface area contributed by atoms with E-state index in [1.807, 2.05) is 0 Å². The molecule has 44 heteroatoms. The molecule has 1 spiro atoms. The van der Waals surface area contributed by atoms with Crippen LogP contribution in [0.15, 0.2) is 85.1 Å². The lowest BCUT2D eigenvalue weighted by Gasteiger charge is -2.36. The number of benzene rings is 4. The number of amides is 13. The van der Waals surface area contributed by atoms with Crippen molar-refractivity contribution in [2.75, 3.05) is 39.3 Å². The molecule has 0 saturated carbocycles. The van der Waals surface area contributed by atoms with Crippen LogP contribution in [0.1, 0.15) is 195 Å². The molecule has 1 aromatic heterocycles. The van der Waals surface area contributed by atoms with Crippen LogP contribution in [0.2, 0.25) is 0 Å². The number of rotatable bonds is 54. The van der Waals surface area contributed by atoms with E-state index in [-0.39, 0.29) is 174 Å². The second-order valence-electron chi connectivity index (χ2n) is 34.3. The largest absolute Gasteiger partial charge is 0.508 e. The fourth-order valence-corrected chi connectivity index (χ4v) is 15.2. The van der Waals surface area contributed by atoms with Gasteiger partial charge in [0.1, 0.15) is 77.4 Å². The van der Waals surface area contributed by atoms with Crippen LogP contribution in [-0.2, 0) is 79.1 Å². The highest BCUT2D eigenvalue weighted by Gasteiger charge is 2.54. The highest BCUT2D eigenvalue weighted by molar-refractivity contribution is 6.03. The number of esters is 1. The van der Waals surface area contributed by atoms with E-state index >= 15 is 0 Å². The molecule has 11 atom stereocenters. The Bertz CT molecular complexity index is 4990. The molecule has 44 nitrogen and oxygen atoms in total. The first-order valence-electron chi connectivity index (χ1n) is 44.3. The Balaban J connectivity index is 1.01. The fourth-order valence-electron chi connectivity index (χ4n) is 15.2. The van der Waals surface area contributed by atoms with Crippen molar-refractivity contribution in [2.45, 2.75) is 224 Å². The monoisotopic (exact) mass is 1850 g/mol. The Morgan fingerprint density at radius 2 is 0.887 bits per heavy atom. The molecule has 2 aliphatic rings. The number of aromatic hydroxyl groups is 2. The second kappa shape index (κ2) is 50.7. The van der Waals surface area contributed by atoms with Gasteiger partial charge in [-0.1, -0.05) is 86.1 Å². The summed E-state index contributed by atoms with van der Waals surface area (Å²) in [4.78, 5) is 212. The van der Waals surface area contributed by atoms with E-state index in [4.69, 9.17) is 54.4 Å². The lowest BCUT2D eigenvalue weighted by molar-refractivity contribution is -0.141. The molecule has 0 radical (unpaired) electrons. The zero-order valence-electron chi connectivity index (χ0n) is 75.9. The van der Waals surface area contributed by atoms with Crippen LogP contribution in [0.4, 0.5) is 0 Å². The third-order valence-electron chi connectivity index (χ3n) is 22.2. The van der Waals surface area contributed by atoms with Gasteiger partial charge in [-0.2, -0.15) is 0 Å². The Morgan fingerprint density at radius 1 is 0.459 bits per heavy atom. The number of phenolic OH excluding ortho intramolecular Hbond substituents is 2. The normalized spacial score (nSPS) is 14.6. The number of carbonyl (C=O) groups is 15. The lowest BCUT2D eigenvalue weighted by atomic mass is 9.77. The van der Waals surface area contributed by atoms with E-state index in [0.29, 0.717) is 28.7 Å². The summed E-state index contributed by atoms with van der Waals surface area (Å²) in [6, 6.07) is 6.11. The molecule has 13 amide bonds. The molecular weight excluding hydrogens is 1730 g/mol. The third kappa shape index (κ3) is 32.0. The second-order valence-corrected chi connectivity index (χ2v) is 34.3. The average Bonchev–Trinajstić information content (AvgIpc) is 1.56. The maximum absolute atomic E-state index is 14.9. The SMILES string of the molecule is CC[C@H](C)[C@H](NC(=O)CNC(=O)[C@H](CCCCNC(=O)c1ccc2c(c1)C(=O)OC21c2ccc(O)cc2Oc2cc(O)ccc21)NC(=O)[C@@H](N)CCCNC(=N)N)C(=O)N[C@@H](CC(C)C)C(=O)N[C@@H](CCCNC(=N)N)C(=O)N[C@@H](CCCNC(=N)N)C(=O)N[C@@H](CC(C)C)C(=O)N[C@@H](CC(C)C)C(=O)N[C@@H](CCC(N)=O)C(=O)NCC(=O)N[C@@H](Cc1c[nH]c2ccccc12)C(=O)O. The molecule has 0 fully saturated rings. The van der Waals surface area contributed by atoms with Gasteiger partial charge in [0.25, 0.3) is 5.91 Å². The van der Waals surface area contributed by atoms with Crippen LogP contribution in [0.25, 0.3) is 10.9 Å². The maximum Gasteiger partial charge on any atom is 0.340 e. The van der Waals surface area contributed by atoms with E-state index in [9.17, 15) is 87.2 Å². The zero-order valence-corrected chi connectivity index (χ0v) is 75.9. The number of aromatic nitrogens is 1. The quantitative estimate of drug-likeness (QED) is 0.0101. The van der Waals surface area contributed by atoms with Crippen LogP contribution >= 0.6 is 0 Å². The molecule has 0 aliphatic carbocycles. The van der Waals surface area contributed by atoms with Gasteiger partial charge in [0.05, 0.1) is 24.7 Å². The average molecular weight is 1850 g/mol. The number of fused-ring (bicyclic) bond motifs is 7. The molecule has 133 heavy (non-hydrogen) atoms. The summed E-state index contributed by atoms with van der Waals surface area (Å²) in [6.45, 7) is 12.6. The highest BCUT2D eigenvalue weighted by Crippen LogP contribution is 2.57. The first kappa shape index (κ1) is 106. The van der Waals surface area contributed by atoms with Gasteiger partial charge in [-0.05, 0) is 155 Å². The number of carbonyl (C=O) groups excluding carboxylic acids is 14. The van der Waals surface area contributed by atoms with Gasteiger partial charge in [-0.15, -0.1) is 0 Å². The number of phenols is 2. The van der Waals surface area contributed by atoms with Crippen molar-refractivity contribution < 1.29 is 96.7 Å². The van der Waals surface area contributed by atoms with Gasteiger partial charge < -0.3 is 138 Å². The number of aromatic amines is 1. The number of nitrogens with one attached hydrogen (secondary N) is 19. The van der Waals surface area contributed by atoms with Crippen molar-refractivity contribution in [1.82, 2.24) is 84.7 Å². The minimum atomic E-state index is -1.58. The number of aliphatic carboxylic acids is 1. The van der Waals surface area contributed by atoms with Crippen LogP contribution in [0.5, 0.6) is 23.0 Å². The number of primary amides is 1. The molecule has 0 bridgehead atoms. The lowest BCUT2D eigenvalue weighted by Crippen LogP contribution is -2.61. The first-order chi connectivity index (χ1) is 63.0. The van der Waals surface area contributed by atoms with Crippen LogP contribution in [0, 0.1) is 39.9 Å². The summed E-state index contributed by atoms with van der Waals surface area (Å²) < 4.78 is 12.2. The Labute approximate surface area is 769 Å². The summed E-state index contributed by atoms with van der Waals surface area (Å²) in [6.07, 6.45) is 1.34. The summed E-state index contributed by atoms with van der Waals surface area (Å²) in [5, 5.41) is 93.8. The number of H-pyrrole nitrogens is 1. The number of guanidine groups is 3. The maximum atomic E-state index is 14.9. The summed E-state index contributed by atoms with van der Waals surface area (Å²) in [5.74, 6) is -15.9. The molecule has 0 saturated heterocycles. The van der Waals surface area contributed by atoms with Crippen molar-refractivity contribution in [2.24, 2.45) is 52.3 Å². The third-order valence-corrected chi connectivity index (χ3v) is 22.2. The number of hydrogen-bond donors (Lipinski definition) is 27. The molecular formula is C89H128N24O20. The fraction of sp³-hybridized carbons (Fsp3) is 0.506. The topological polar surface area (TPSA) is 733 Å². The van der Waals surface area contributed by atoms with E-state index in [1.165, 1.54) is 36.4 Å². The van der Waals surface area contributed by atoms with Gasteiger partial charge in [-0.3, -0.25) is 78.6 Å². The van der Waals surface area contributed by atoms with Crippen LogP contribution < -0.4 is 113 Å². The summed E-state index contributed by atoms with van der Waals surface area (Å²) >= 11 is 0. The van der Waals surface area contributed by atoms with E-state index < -0.39 is 192 Å². The van der Waals surface area contributed by atoms with Crippen molar-refractivity contribution in [3.63, 3.8) is 0 Å². The molecule has 4 aromatic carbocycles. The number of ether oxygens (including phenoxy) is 2. The van der Waals surface area contributed by atoms with Crippen molar-refractivity contribution in [3.8, 4) is 23.0 Å². The molecule has 724 valence electrons. The van der Waals surface area contributed by atoms with Gasteiger partial charge in [0.15, 0.2) is 23.5 Å². The zero-order chi connectivity index (χ0) is 98.1. The van der Waals surface area contributed by atoms with Gasteiger partial charge in [-0.25, -0.2) is 9.59 Å². The number of nitrogens with two attached hydrogens (primary N) is 5. The molecule has 32 N–H and O–H groups in total. The minimum Gasteiger partial charge on any atom is -0.508 e. The minimum absolute atomic E-state index is 0.00832. The molecule has 0 unspecified atom stereocenters. The summed E-state index contributed by atoms with van der Waals surface area (Å²) in [5.41, 5.74) is 29.4. The van der Waals surface area contributed by atoms with E-state index in [2.05, 4.69) is 84.7 Å². The Kier molecular flexibility index (Phi) is 40.3. The molecule has 2 aliphatic heterocycles. The number of carboxylic acids is 1. The Hall–Kier alpha value is -14.4. The summed E-state index contributed by atoms with van der Waals surface area (Å²) in [7, 11) is 0. The van der Waals surface area contributed by atoms with Crippen molar-refractivity contribution in [3.05, 3.63) is 118 Å². The number of hydrogen-bond acceptors (Lipinski definition) is 23. The first-order valence-corrected chi connectivity index (χ1v) is 44.3. The standard InChI is InChI=1S/C89H128N24O20/c1-9-48(8)73(113-72(118)44-104-76(121)60(106-75(120)58(90)18-14-32-99-86(92)93)20-12-13-31-98-74(119)49-23-26-55-54(38-49)85(131)133-89(55)56-27-24-51(114)40-68(56)132-69-41-52(115)25-28-57(69)89)83(128)112-66(37-47(6)7)81(126)108-61(21-15-33-100-87(94)95)78(123)107-62(22-16-34-101-88(96)97)79(124)110-65(36-46(4)5)82(127)111-64(35-45(2)3)80(125)109-63(29-30-70(91)116)77(122)103-43-71(117)105-67(84(129)130)39-50-42-102-59-19-11-10-17-53(50)59/h10-11,17,19,23-28,38,40-42,45-48,58,60-67,73,102,114-115H,9,12-16,18,20-22,29-37,39,43-44,90H2,1-8H3,(H2,91,116)(H,98,119)(H,103,122)(H,104,121)(H,105,117)(H,106,120)(H,107,123)(H,108,126)(H,109,125)(H,110,124)(H,111,127)(H,112,128)(H,113,118)(H,129,130)(H4,92,93,99)(H4,94,95,100)(H4,96,97,101)/t48-,58-,60-,61-,62-,63-,64-,65-,66-,67-,73-/m0/s1. The molecule has 3 heterocycles. The molecule has 5 aromatic rings. The number of para-hydroxylation sites is 1. The number of unbranched alkanes of at least 4 members (excludes halogenated alkanes) is 1. The van der Waals surface area contributed by atoms with Crippen LogP contribution in [-0.4, -0.2) is 227 Å². The van der Waals surface area contributed by atoms with Gasteiger partial charge in [0.2, 0.25) is 70.9 Å². The highest BCUT2D eigenvalue weighted by atomic mass is 16.6. The molecule has 7 rings (SSSR count). The smallest absolute Gasteiger partial charge is 0.340 e. The Morgan fingerprint density at radius 3 is 1.37 bits per heavy atom. The van der Waals surface area contributed by atoms with Gasteiger partial charge >= 0.3 is 11.9 Å². The van der Waals surface area contributed by atoms with Crippen molar-refractivity contribution >= 4 is 118 Å². The predicted molar refractivity (Wildman–Crippen MR) is 489 cm³/mol. The number of carboxylic acid groups (broad SMARTS) is 1. The van der Waals surface area contributed by atoms with Gasteiger partial charge in [0, 0.05) is 90.5 Å². The van der Waals surface area contributed by atoms with E-state index in [1.54, 1.807) is 104 Å². The van der Waals surface area contributed by atoms with E-state index in [0.717, 1.165) is 10.9 Å².